The van der Waals surface area contributed by atoms with E-state index in [0.717, 1.165) is 35.7 Å². The van der Waals surface area contributed by atoms with E-state index in [1.54, 1.807) is 11.8 Å². The van der Waals surface area contributed by atoms with Crippen molar-refractivity contribution in [3.05, 3.63) is 30.1 Å². The molecular formula is C16H22N4OS. The largest absolute Gasteiger partial charge is 0.324 e. The summed E-state index contributed by atoms with van der Waals surface area (Å²) in [7, 11) is 0. The molecule has 0 unspecified atom stereocenters. The number of aryl methyl sites for hydroxylation is 1. The number of anilines is 1. The Morgan fingerprint density at radius 2 is 2.18 bits per heavy atom. The smallest absolute Gasteiger partial charge is 0.237 e. The first-order chi connectivity index (χ1) is 10.6. The van der Waals surface area contributed by atoms with Gasteiger partial charge in [-0.25, -0.2) is 4.98 Å². The molecule has 0 saturated carbocycles. The molecule has 2 rings (SSSR count). The highest BCUT2D eigenvalue weighted by Crippen LogP contribution is 2.25. The number of nitrogens with one attached hydrogen (secondary N) is 2. The molecule has 1 aromatic heterocycles. The Bertz CT molecular complexity index is 626. The molecule has 1 atom stereocenters. The number of rotatable bonds is 7. The van der Waals surface area contributed by atoms with Crippen molar-refractivity contribution in [1.82, 2.24) is 15.2 Å². The van der Waals surface area contributed by atoms with Crippen molar-refractivity contribution in [3.8, 4) is 11.4 Å². The molecule has 118 valence electrons. The Morgan fingerprint density at radius 3 is 2.86 bits per heavy atom. The van der Waals surface area contributed by atoms with Crippen LogP contribution in [-0.4, -0.2) is 32.1 Å². The summed E-state index contributed by atoms with van der Waals surface area (Å²) in [5, 5.41) is 9.91. The summed E-state index contributed by atoms with van der Waals surface area (Å²) in [6, 6.07) is 7.60. The van der Waals surface area contributed by atoms with E-state index in [1.165, 1.54) is 0 Å². The Morgan fingerprint density at radius 1 is 1.41 bits per heavy atom. The predicted molar refractivity (Wildman–Crippen MR) is 92.0 cm³/mol. The van der Waals surface area contributed by atoms with Crippen molar-refractivity contribution in [2.45, 2.75) is 38.9 Å². The fraction of sp³-hybridized carbons (Fsp3) is 0.438. The Hall–Kier alpha value is -1.82. The van der Waals surface area contributed by atoms with Gasteiger partial charge in [-0.3, -0.25) is 9.89 Å². The van der Waals surface area contributed by atoms with Crippen LogP contribution < -0.4 is 5.32 Å². The number of nitrogens with zero attached hydrogens (tertiary/aromatic N) is 2. The molecule has 1 heterocycles. The van der Waals surface area contributed by atoms with Gasteiger partial charge >= 0.3 is 0 Å². The molecule has 1 amide bonds. The zero-order valence-corrected chi connectivity index (χ0v) is 14.0. The highest BCUT2D eigenvalue weighted by Gasteiger charge is 2.16. The molecule has 2 N–H and O–H groups in total. The quantitative estimate of drug-likeness (QED) is 0.765. The maximum absolute atomic E-state index is 12.3. The summed E-state index contributed by atoms with van der Waals surface area (Å²) in [4.78, 5) is 16.6. The standard InChI is InChI=1S/C16H22N4OS/c1-4-5-10-22-11(2)16(21)18-14-9-7-6-8-13(14)15-17-12(3)19-20-15/h6-9,11H,4-5,10H2,1-3H3,(H,18,21)(H,17,19,20)/t11-/m0/s1. The van der Waals surface area contributed by atoms with Crippen LogP contribution in [0, 0.1) is 6.92 Å². The number of unbranched alkanes of at least 4 members (excludes halogenated alkanes) is 1. The highest BCUT2D eigenvalue weighted by molar-refractivity contribution is 8.00. The summed E-state index contributed by atoms with van der Waals surface area (Å²) in [5.41, 5.74) is 1.57. The van der Waals surface area contributed by atoms with Gasteiger partial charge in [-0.15, -0.1) is 11.8 Å². The molecule has 0 fully saturated rings. The van der Waals surface area contributed by atoms with Crippen molar-refractivity contribution in [2.24, 2.45) is 0 Å². The number of carbonyl (C=O) groups excluding carboxylic acids is 1. The van der Waals surface area contributed by atoms with Gasteiger partial charge in [0.25, 0.3) is 0 Å². The molecule has 0 aliphatic heterocycles. The molecule has 0 aliphatic carbocycles. The van der Waals surface area contributed by atoms with Crippen molar-refractivity contribution in [1.29, 1.82) is 0 Å². The molecular weight excluding hydrogens is 296 g/mol. The molecule has 0 bridgehead atoms. The number of amides is 1. The van der Waals surface area contributed by atoms with Gasteiger partial charge in [0.15, 0.2) is 5.82 Å². The topological polar surface area (TPSA) is 70.7 Å². The first-order valence-corrected chi connectivity index (χ1v) is 8.57. The molecule has 0 aliphatic rings. The van der Waals surface area contributed by atoms with Crippen LogP contribution in [0.4, 0.5) is 5.69 Å². The maximum Gasteiger partial charge on any atom is 0.237 e. The number of hydrogen-bond donors (Lipinski definition) is 2. The van der Waals surface area contributed by atoms with E-state index in [-0.39, 0.29) is 11.2 Å². The normalized spacial score (nSPS) is 12.1. The minimum absolute atomic E-state index is 0.0146. The third-order valence-electron chi connectivity index (χ3n) is 3.26. The van der Waals surface area contributed by atoms with Gasteiger partial charge in [0.05, 0.1) is 10.9 Å². The van der Waals surface area contributed by atoms with Crippen LogP contribution in [-0.2, 0) is 4.79 Å². The monoisotopic (exact) mass is 318 g/mol. The Balaban J connectivity index is 2.08. The number of hydrogen-bond acceptors (Lipinski definition) is 4. The van der Waals surface area contributed by atoms with Gasteiger partial charge in [0, 0.05) is 5.56 Å². The van der Waals surface area contributed by atoms with E-state index in [0.29, 0.717) is 5.82 Å². The lowest BCUT2D eigenvalue weighted by Crippen LogP contribution is -2.23. The van der Waals surface area contributed by atoms with E-state index in [2.05, 4.69) is 27.4 Å². The van der Waals surface area contributed by atoms with Crippen LogP contribution in [0.1, 0.15) is 32.5 Å². The molecule has 6 heteroatoms. The molecule has 0 saturated heterocycles. The van der Waals surface area contributed by atoms with E-state index in [1.807, 2.05) is 38.1 Å². The van der Waals surface area contributed by atoms with Crippen LogP contribution in [0.15, 0.2) is 24.3 Å². The van der Waals surface area contributed by atoms with E-state index >= 15 is 0 Å². The second kappa shape index (κ2) is 7.98. The highest BCUT2D eigenvalue weighted by atomic mass is 32.2. The van der Waals surface area contributed by atoms with Crippen LogP contribution in [0.25, 0.3) is 11.4 Å². The lowest BCUT2D eigenvalue weighted by Gasteiger charge is -2.13. The minimum atomic E-state index is -0.0755. The van der Waals surface area contributed by atoms with Crippen LogP contribution >= 0.6 is 11.8 Å². The zero-order chi connectivity index (χ0) is 15.9. The summed E-state index contributed by atoms with van der Waals surface area (Å²) in [6.07, 6.45) is 2.28. The first-order valence-electron chi connectivity index (χ1n) is 7.52. The van der Waals surface area contributed by atoms with E-state index < -0.39 is 0 Å². The average molecular weight is 318 g/mol. The van der Waals surface area contributed by atoms with Gasteiger partial charge in [0.2, 0.25) is 5.91 Å². The summed E-state index contributed by atoms with van der Waals surface area (Å²) in [5.74, 6) is 2.37. The number of benzene rings is 1. The fourth-order valence-electron chi connectivity index (χ4n) is 1.96. The SMILES string of the molecule is CCCCS[C@@H](C)C(=O)Nc1ccccc1-c1n[nH]c(C)n1. The second-order valence-electron chi connectivity index (χ2n) is 5.15. The van der Waals surface area contributed by atoms with E-state index in [9.17, 15) is 4.79 Å². The second-order valence-corrected chi connectivity index (χ2v) is 6.59. The van der Waals surface area contributed by atoms with Crippen LogP contribution in [0.2, 0.25) is 0 Å². The van der Waals surface area contributed by atoms with Gasteiger partial charge < -0.3 is 5.32 Å². The van der Waals surface area contributed by atoms with Crippen molar-refractivity contribution in [2.75, 3.05) is 11.1 Å². The Labute approximate surface area is 135 Å². The lowest BCUT2D eigenvalue weighted by atomic mass is 10.1. The van der Waals surface area contributed by atoms with Gasteiger partial charge in [0.1, 0.15) is 5.82 Å². The molecule has 5 nitrogen and oxygen atoms in total. The molecule has 0 spiro atoms. The number of thioether (sulfide) groups is 1. The van der Waals surface area contributed by atoms with E-state index in [4.69, 9.17) is 0 Å². The van der Waals surface area contributed by atoms with Crippen molar-refractivity contribution < 1.29 is 4.79 Å². The predicted octanol–water partition coefficient (Wildman–Crippen LogP) is 3.64. The Kier molecular flexibility index (Phi) is 6.00. The molecule has 2 aromatic rings. The molecule has 1 aromatic carbocycles. The van der Waals surface area contributed by atoms with Gasteiger partial charge in [-0.05, 0) is 38.2 Å². The van der Waals surface area contributed by atoms with Gasteiger partial charge in [-0.1, -0.05) is 25.5 Å². The number of H-pyrrole nitrogens is 1. The number of aromatic amines is 1. The molecule has 22 heavy (non-hydrogen) atoms. The average Bonchev–Trinajstić information content (AvgIpc) is 2.94. The number of aromatic nitrogens is 3. The minimum Gasteiger partial charge on any atom is -0.324 e. The fourth-order valence-corrected chi connectivity index (χ4v) is 2.98. The first kappa shape index (κ1) is 16.5. The molecule has 0 radical (unpaired) electrons. The summed E-state index contributed by atoms with van der Waals surface area (Å²) >= 11 is 1.68. The summed E-state index contributed by atoms with van der Waals surface area (Å²) in [6.45, 7) is 5.94. The number of para-hydroxylation sites is 1. The number of carbonyl (C=O) groups is 1. The third-order valence-corrected chi connectivity index (χ3v) is 4.50. The van der Waals surface area contributed by atoms with Crippen LogP contribution in [0.3, 0.4) is 0 Å². The van der Waals surface area contributed by atoms with Crippen molar-refractivity contribution in [3.63, 3.8) is 0 Å². The third kappa shape index (κ3) is 4.34. The van der Waals surface area contributed by atoms with Crippen LogP contribution in [0.5, 0.6) is 0 Å². The lowest BCUT2D eigenvalue weighted by molar-refractivity contribution is -0.115. The maximum atomic E-state index is 12.3. The summed E-state index contributed by atoms with van der Waals surface area (Å²) < 4.78 is 0. The van der Waals surface area contributed by atoms with Crippen molar-refractivity contribution >= 4 is 23.4 Å². The zero-order valence-electron chi connectivity index (χ0n) is 13.2. The van der Waals surface area contributed by atoms with Gasteiger partial charge in [-0.2, -0.15) is 5.10 Å².